The summed E-state index contributed by atoms with van der Waals surface area (Å²) in [6, 6.07) is 10.1. The molecule has 0 aliphatic rings. The molecular weight excluding hydrogens is 291 g/mol. The average molecular weight is 307 g/mol. The van der Waals surface area contributed by atoms with Crippen molar-refractivity contribution < 1.29 is 9.18 Å². The van der Waals surface area contributed by atoms with Gasteiger partial charge in [-0.3, -0.25) is 4.79 Å². The second kappa shape index (κ2) is 6.59. The first-order valence-electron chi connectivity index (χ1n) is 6.52. The Kier molecular flexibility index (Phi) is 4.81. The molecule has 2 rings (SSSR count). The van der Waals surface area contributed by atoms with Crippen molar-refractivity contribution in [2.45, 2.75) is 13.8 Å². The molecule has 0 aliphatic heterocycles. The molecule has 110 valence electrons. The largest absolute Gasteiger partial charge is 0.374 e. The molecule has 0 heterocycles. The summed E-state index contributed by atoms with van der Waals surface area (Å²) < 4.78 is 13.6. The van der Waals surface area contributed by atoms with Crippen molar-refractivity contribution in [1.82, 2.24) is 0 Å². The molecule has 0 radical (unpaired) electrons. The van der Waals surface area contributed by atoms with Gasteiger partial charge in [-0.15, -0.1) is 0 Å². The van der Waals surface area contributed by atoms with Crippen LogP contribution < -0.4 is 10.6 Å². The van der Waals surface area contributed by atoms with E-state index in [0.717, 1.165) is 11.1 Å². The topological polar surface area (TPSA) is 41.1 Å². The van der Waals surface area contributed by atoms with Crippen molar-refractivity contribution >= 4 is 28.9 Å². The number of benzene rings is 2. The van der Waals surface area contributed by atoms with Crippen LogP contribution in [0.3, 0.4) is 0 Å². The van der Waals surface area contributed by atoms with Gasteiger partial charge in [0.2, 0.25) is 5.91 Å². The molecule has 0 unspecified atom stereocenters. The van der Waals surface area contributed by atoms with Crippen molar-refractivity contribution in [2.75, 3.05) is 17.2 Å². The lowest BCUT2D eigenvalue weighted by Crippen LogP contribution is -2.22. The summed E-state index contributed by atoms with van der Waals surface area (Å²) in [6.45, 7) is 3.66. The van der Waals surface area contributed by atoms with Gasteiger partial charge in [0.15, 0.2) is 0 Å². The van der Waals surface area contributed by atoms with Crippen LogP contribution in [0, 0.1) is 19.7 Å². The Morgan fingerprint density at radius 3 is 2.62 bits per heavy atom. The highest BCUT2D eigenvalue weighted by atomic mass is 35.5. The molecule has 3 nitrogen and oxygen atoms in total. The third kappa shape index (κ3) is 4.20. The number of hydrogen-bond acceptors (Lipinski definition) is 2. The molecule has 21 heavy (non-hydrogen) atoms. The predicted octanol–water partition coefficient (Wildman–Crippen LogP) is 4.15. The number of halogens is 2. The van der Waals surface area contributed by atoms with Crippen molar-refractivity contribution in [3.8, 4) is 0 Å². The van der Waals surface area contributed by atoms with Crippen LogP contribution in [-0.2, 0) is 4.79 Å². The molecule has 0 aliphatic carbocycles. The van der Waals surface area contributed by atoms with E-state index in [2.05, 4.69) is 10.6 Å². The van der Waals surface area contributed by atoms with E-state index in [9.17, 15) is 9.18 Å². The Bertz CT molecular complexity index is 673. The van der Waals surface area contributed by atoms with Gasteiger partial charge in [0.1, 0.15) is 5.82 Å². The van der Waals surface area contributed by atoms with Crippen LogP contribution in [0.15, 0.2) is 36.4 Å². The van der Waals surface area contributed by atoms with Crippen LogP contribution in [0.1, 0.15) is 11.1 Å². The standard InChI is InChI=1S/C16H16ClFN2O/c1-10-3-6-14(13(18)7-10)19-9-16(21)20-15-8-12(17)5-4-11(15)2/h3-8,19H,9H2,1-2H3,(H,20,21). The second-order valence-electron chi connectivity index (χ2n) is 4.84. The van der Waals surface area contributed by atoms with Crippen molar-refractivity contribution in [3.63, 3.8) is 0 Å². The molecule has 0 bridgehead atoms. The summed E-state index contributed by atoms with van der Waals surface area (Å²) in [7, 11) is 0. The summed E-state index contributed by atoms with van der Waals surface area (Å²) in [5, 5.41) is 6.07. The minimum absolute atomic E-state index is 0.0219. The lowest BCUT2D eigenvalue weighted by atomic mass is 10.2. The fourth-order valence-electron chi connectivity index (χ4n) is 1.86. The van der Waals surface area contributed by atoms with E-state index in [1.807, 2.05) is 19.9 Å². The van der Waals surface area contributed by atoms with Crippen molar-refractivity contribution in [3.05, 3.63) is 58.4 Å². The lowest BCUT2D eigenvalue weighted by molar-refractivity contribution is -0.114. The highest BCUT2D eigenvalue weighted by Crippen LogP contribution is 2.20. The summed E-state index contributed by atoms with van der Waals surface area (Å²) in [5.74, 6) is -0.637. The number of carbonyl (C=O) groups is 1. The molecule has 0 atom stereocenters. The van der Waals surface area contributed by atoms with Crippen LogP contribution >= 0.6 is 11.6 Å². The van der Waals surface area contributed by atoms with Crippen molar-refractivity contribution in [1.29, 1.82) is 0 Å². The van der Waals surface area contributed by atoms with E-state index in [1.165, 1.54) is 6.07 Å². The quantitative estimate of drug-likeness (QED) is 0.891. The van der Waals surface area contributed by atoms with Crippen LogP contribution in [-0.4, -0.2) is 12.5 Å². The number of rotatable bonds is 4. The van der Waals surface area contributed by atoms with Crippen LogP contribution in [0.25, 0.3) is 0 Å². The van der Waals surface area contributed by atoms with E-state index in [4.69, 9.17) is 11.6 Å². The van der Waals surface area contributed by atoms with Gasteiger partial charge >= 0.3 is 0 Å². The number of anilines is 2. The zero-order valence-corrected chi connectivity index (χ0v) is 12.6. The zero-order valence-electron chi connectivity index (χ0n) is 11.8. The molecule has 2 aromatic rings. The van der Waals surface area contributed by atoms with Crippen LogP contribution in [0.4, 0.5) is 15.8 Å². The molecule has 0 fully saturated rings. The maximum atomic E-state index is 13.6. The monoisotopic (exact) mass is 306 g/mol. The molecule has 0 saturated carbocycles. The molecule has 0 saturated heterocycles. The summed E-state index contributed by atoms with van der Waals surface area (Å²) in [4.78, 5) is 11.9. The fraction of sp³-hybridized carbons (Fsp3) is 0.188. The predicted molar refractivity (Wildman–Crippen MR) is 84.4 cm³/mol. The maximum Gasteiger partial charge on any atom is 0.243 e. The lowest BCUT2D eigenvalue weighted by Gasteiger charge is -2.11. The van der Waals surface area contributed by atoms with E-state index < -0.39 is 0 Å². The van der Waals surface area contributed by atoms with Crippen LogP contribution in [0.2, 0.25) is 5.02 Å². The summed E-state index contributed by atoms with van der Waals surface area (Å²) in [6.07, 6.45) is 0. The number of amides is 1. The smallest absolute Gasteiger partial charge is 0.243 e. The van der Waals surface area contributed by atoms with Gasteiger partial charge in [-0.05, 0) is 49.2 Å². The molecule has 0 spiro atoms. The minimum Gasteiger partial charge on any atom is -0.374 e. The molecule has 1 amide bonds. The van der Waals surface area contributed by atoms with Crippen molar-refractivity contribution in [2.24, 2.45) is 0 Å². The molecular formula is C16H16ClFN2O. The van der Waals surface area contributed by atoms with Gasteiger partial charge in [0.05, 0.1) is 12.2 Å². The Labute approximate surface area is 128 Å². The van der Waals surface area contributed by atoms with Gasteiger partial charge in [0.25, 0.3) is 0 Å². The molecule has 5 heteroatoms. The molecule has 0 aromatic heterocycles. The Hall–Kier alpha value is -2.07. The summed E-state index contributed by atoms with van der Waals surface area (Å²) >= 11 is 5.89. The van der Waals surface area contributed by atoms with Gasteiger partial charge in [-0.1, -0.05) is 23.7 Å². The number of nitrogens with one attached hydrogen (secondary N) is 2. The van der Waals surface area contributed by atoms with E-state index in [-0.39, 0.29) is 18.3 Å². The van der Waals surface area contributed by atoms with E-state index >= 15 is 0 Å². The average Bonchev–Trinajstić information content (AvgIpc) is 2.42. The Balaban J connectivity index is 1.97. The van der Waals surface area contributed by atoms with Gasteiger partial charge in [-0.25, -0.2) is 4.39 Å². The van der Waals surface area contributed by atoms with Gasteiger partial charge in [0, 0.05) is 10.7 Å². The third-order valence-electron chi connectivity index (χ3n) is 3.04. The van der Waals surface area contributed by atoms with E-state index in [1.54, 1.807) is 24.3 Å². The minimum atomic E-state index is -0.373. The number of hydrogen-bond donors (Lipinski definition) is 2. The van der Waals surface area contributed by atoms with Gasteiger partial charge in [-0.2, -0.15) is 0 Å². The Morgan fingerprint density at radius 2 is 1.90 bits per heavy atom. The SMILES string of the molecule is Cc1ccc(NCC(=O)Nc2cc(Cl)ccc2C)c(F)c1. The van der Waals surface area contributed by atoms with Gasteiger partial charge < -0.3 is 10.6 Å². The first-order chi connectivity index (χ1) is 9.95. The number of aryl methyl sites for hydroxylation is 2. The normalized spacial score (nSPS) is 10.3. The Morgan fingerprint density at radius 1 is 1.14 bits per heavy atom. The zero-order chi connectivity index (χ0) is 15.4. The number of carbonyl (C=O) groups excluding carboxylic acids is 1. The molecule has 2 aromatic carbocycles. The highest BCUT2D eigenvalue weighted by Gasteiger charge is 2.07. The van der Waals surface area contributed by atoms with E-state index in [0.29, 0.717) is 16.4 Å². The van der Waals surface area contributed by atoms with Crippen LogP contribution in [0.5, 0.6) is 0 Å². The maximum absolute atomic E-state index is 13.6. The summed E-state index contributed by atoms with van der Waals surface area (Å²) in [5.41, 5.74) is 2.70. The fourth-order valence-corrected chi connectivity index (χ4v) is 2.03. The highest BCUT2D eigenvalue weighted by molar-refractivity contribution is 6.31. The molecule has 2 N–H and O–H groups in total. The second-order valence-corrected chi connectivity index (χ2v) is 5.28. The first-order valence-corrected chi connectivity index (χ1v) is 6.89. The first kappa shape index (κ1) is 15.3. The third-order valence-corrected chi connectivity index (χ3v) is 3.27.